The Balaban J connectivity index is 1.46. The van der Waals surface area contributed by atoms with Gasteiger partial charge in [-0.05, 0) is 67.9 Å². The fourth-order valence-corrected chi connectivity index (χ4v) is 8.10. The third-order valence-corrected chi connectivity index (χ3v) is 10.1. The van der Waals surface area contributed by atoms with Gasteiger partial charge < -0.3 is 20.1 Å². The van der Waals surface area contributed by atoms with Crippen molar-refractivity contribution in [3.63, 3.8) is 0 Å². The van der Waals surface area contributed by atoms with Gasteiger partial charge in [0.15, 0.2) is 18.1 Å². The van der Waals surface area contributed by atoms with Crippen LogP contribution in [0.1, 0.15) is 50.4 Å². The summed E-state index contributed by atoms with van der Waals surface area (Å²) in [5.41, 5.74) is -7.45. The molecule has 0 aliphatic heterocycles. The van der Waals surface area contributed by atoms with Crippen molar-refractivity contribution < 1.29 is 43.2 Å². The number of phenolic OH excluding ortho intramolecular Hbond substituents is 1. The zero-order valence-electron chi connectivity index (χ0n) is 21.5. The molecule has 9 heteroatoms. The lowest BCUT2D eigenvalue weighted by atomic mass is 9.44. The monoisotopic (exact) mass is 530 g/mol. The van der Waals surface area contributed by atoms with Crippen LogP contribution in [-0.2, 0) is 14.3 Å². The highest BCUT2D eigenvalue weighted by molar-refractivity contribution is 6.01. The largest absolute Gasteiger partial charge is 0.507 e. The summed E-state index contributed by atoms with van der Waals surface area (Å²) in [7, 11) is 0. The number of aliphatic hydroxyl groups is 2. The number of carbonyl (C=O) groups is 3. The van der Waals surface area contributed by atoms with Gasteiger partial charge in [0.1, 0.15) is 23.1 Å². The molecule has 0 radical (unpaired) electrons. The van der Waals surface area contributed by atoms with E-state index in [0.29, 0.717) is 0 Å². The fourth-order valence-electron chi connectivity index (χ4n) is 8.10. The van der Waals surface area contributed by atoms with Crippen molar-refractivity contribution in [1.82, 2.24) is 0 Å². The van der Waals surface area contributed by atoms with Crippen LogP contribution < -0.4 is 0 Å². The molecule has 3 saturated carbocycles. The van der Waals surface area contributed by atoms with Crippen molar-refractivity contribution in [1.29, 1.82) is 0 Å². The summed E-state index contributed by atoms with van der Waals surface area (Å²) in [6, 6.07) is 5.67. The van der Waals surface area contributed by atoms with Gasteiger partial charge in [-0.1, -0.05) is 32.1 Å². The van der Waals surface area contributed by atoms with Crippen LogP contribution in [0.25, 0.3) is 0 Å². The molecule has 7 nitrogen and oxygen atoms in total. The van der Waals surface area contributed by atoms with Gasteiger partial charge in [-0.25, -0.2) is 13.6 Å². The number of Topliss-reactive ketones (excluding diaryl/α,β-unsaturated/α-hetero) is 1. The molecule has 4 aliphatic carbocycles. The van der Waals surface area contributed by atoms with Crippen molar-refractivity contribution in [2.45, 2.75) is 63.6 Å². The number of rotatable bonds is 4. The topological polar surface area (TPSA) is 121 Å². The number of hydrogen-bond donors (Lipinski definition) is 3. The van der Waals surface area contributed by atoms with E-state index in [2.05, 4.69) is 0 Å². The van der Waals surface area contributed by atoms with Gasteiger partial charge in [-0.2, -0.15) is 0 Å². The minimum Gasteiger partial charge on any atom is -0.507 e. The van der Waals surface area contributed by atoms with Crippen molar-refractivity contribution in [2.24, 2.45) is 28.6 Å². The predicted octanol–water partition coefficient (Wildman–Crippen LogP) is 3.41. The first kappa shape index (κ1) is 26.7. The molecule has 5 rings (SSSR count). The number of carbonyl (C=O) groups excluding carboxylic acids is 3. The van der Waals surface area contributed by atoms with E-state index >= 15 is 8.78 Å². The van der Waals surface area contributed by atoms with Crippen LogP contribution in [0.5, 0.6) is 5.75 Å². The van der Waals surface area contributed by atoms with Crippen molar-refractivity contribution in [3.05, 3.63) is 53.6 Å². The number of benzene rings is 1. The fraction of sp³-hybridized carbons (Fsp3) is 0.552. The quantitative estimate of drug-likeness (QED) is 0.510. The molecule has 4 aliphatic rings. The summed E-state index contributed by atoms with van der Waals surface area (Å²) in [4.78, 5) is 37.9. The molecule has 1 aromatic rings. The summed E-state index contributed by atoms with van der Waals surface area (Å²) in [6.07, 6.45) is -0.0437. The summed E-state index contributed by atoms with van der Waals surface area (Å²) >= 11 is 0. The number of halogens is 2. The summed E-state index contributed by atoms with van der Waals surface area (Å²) in [5.74, 6) is -4.93. The van der Waals surface area contributed by atoms with Gasteiger partial charge in [0.25, 0.3) is 0 Å². The number of esters is 1. The van der Waals surface area contributed by atoms with E-state index in [1.165, 1.54) is 43.3 Å². The van der Waals surface area contributed by atoms with Gasteiger partial charge in [0.2, 0.25) is 5.78 Å². The maximum Gasteiger partial charge on any atom is 0.342 e. The van der Waals surface area contributed by atoms with Gasteiger partial charge in [0, 0.05) is 16.7 Å². The second-order valence-corrected chi connectivity index (χ2v) is 11.8. The molecule has 0 aromatic heterocycles. The van der Waals surface area contributed by atoms with Crippen LogP contribution in [0.4, 0.5) is 8.78 Å². The molecule has 3 fully saturated rings. The Kier molecular flexibility index (Phi) is 6.00. The summed E-state index contributed by atoms with van der Waals surface area (Å²) < 4.78 is 37.9. The molecular formula is C29H32F2O7. The number of aromatic hydroxyl groups is 1. The molecule has 0 spiro atoms. The Morgan fingerprint density at radius 2 is 1.84 bits per heavy atom. The highest BCUT2D eigenvalue weighted by atomic mass is 19.1. The summed E-state index contributed by atoms with van der Waals surface area (Å²) in [6.45, 7) is 3.94. The third-order valence-electron chi connectivity index (χ3n) is 10.1. The van der Waals surface area contributed by atoms with Crippen molar-refractivity contribution in [2.75, 3.05) is 6.61 Å². The van der Waals surface area contributed by atoms with Crippen LogP contribution in [-0.4, -0.2) is 63.0 Å². The van der Waals surface area contributed by atoms with Gasteiger partial charge >= 0.3 is 5.97 Å². The lowest BCUT2D eigenvalue weighted by Gasteiger charge is -2.63. The number of fused-ring (bicyclic) bond motifs is 5. The van der Waals surface area contributed by atoms with Crippen LogP contribution in [0.15, 0.2) is 48.1 Å². The third kappa shape index (κ3) is 3.27. The second-order valence-electron chi connectivity index (χ2n) is 11.8. The minimum absolute atomic E-state index is 0.000126. The van der Waals surface area contributed by atoms with Crippen molar-refractivity contribution in [3.8, 4) is 5.75 Å². The molecule has 1 aromatic carbocycles. The van der Waals surface area contributed by atoms with Crippen LogP contribution in [0.2, 0.25) is 0 Å². The average Bonchev–Trinajstić information content (AvgIpc) is 3.07. The van der Waals surface area contributed by atoms with Gasteiger partial charge in [-0.15, -0.1) is 0 Å². The van der Waals surface area contributed by atoms with Gasteiger partial charge in [0.05, 0.1) is 6.10 Å². The Morgan fingerprint density at radius 1 is 1.16 bits per heavy atom. The molecule has 3 N–H and O–H groups in total. The van der Waals surface area contributed by atoms with E-state index in [4.69, 9.17) is 4.74 Å². The first-order valence-electron chi connectivity index (χ1n) is 12.9. The first-order chi connectivity index (χ1) is 17.7. The number of allylic oxidation sites excluding steroid dienone is 4. The molecule has 0 heterocycles. The second kappa shape index (κ2) is 8.55. The Labute approximate surface area is 219 Å². The Hall–Kier alpha value is -2.91. The van der Waals surface area contributed by atoms with Crippen molar-refractivity contribution >= 4 is 17.5 Å². The molecule has 0 bridgehead atoms. The number of para-hydroxylation sites is 1. The Morgan fingerprint density at radius 3 is 2.53 bits per heavy atom. The highest BCUT2D eigenvalue weighted by Gasteiger charge is 2.76. The van der Waals surface area contributed by atoms with E-state index in [1.807, 2.05) is 0 Å². The first-order valence-corrected chi connectivity index (χ1v) is 12.9. The van der Waals surface area contributed by atoms with Crippen LogP contribution in [0, 0.1) is 28.6 Å². The maximum atomic E-state index is 17.2. The van der Waals surface area contributed by atoms with Crippen LogP contribution in [0.3, 0.4) is 0 Å². The van der Waals surface area contributed by atoms with E-state index in [-0.39, 0.29) is 36.1 Å². The van der Waals surface area contributed by atoms with E-state index in [1.54, 1.807) is 13.8 Å². The van der Waals surface area contributed by atoms with E-state index in [0.717, 1.165) is 6.08 Å². The molecule has 0 amide bonds. The number of aliphatic hydroxyl groups excluding tert-OH is 1. The zero-order chi connectivity index (χ0) is 27.8. The summed E-state index contributed by atoms with van der Waals surface area (Å²) in [5, 5.41) is 33.2. The molecule has 204 valence electrons. The predicted molar refractivity (Wildman–Crippen MR) is 132 cm³/mol. The lowest BCUT2D eigenvalue weighted by Crippen LogP contribution is -2.70. The Bertz CT molecular complexity index is 1280. The number of ether oxygens (including phenoxy) is 1. The molecule has 38 heavy (non-hydrogen) atoms. The number of hydrogen-bond acceptors (Lipinski definition) is 7. The molecule has 0 saturated heterocycles. The lowest BCUT2D eigenvalue weighted by molar-refractivity contribution is -0.223. The smallest absolute Gasteiger partial charge is 0.342 e. The molecule has 9 atom stereocenters. The minimum atomic E-state index is -2.33. The maximum absolute atomic E-state index is 17.2. The average molecular weight is 531 g/mol. The standard InChI is InChI=1S/C29H32F2O7/c1-15-10-18-19-12-21(30)20-11-16(32)8-9-26(20,2)28(19,31)23(34)13-27(18,3)29(15,37)24(35)14-38-25(36)17-6-4-5-7-22(17)33/h4-9,11,15,18-19,21,23,33-34,37H,10,12-14H2,1-3H3. The number of ketones is 2. The molecule has 9 unspecified atom stereocenters. The highest BCUT2D eigenvalue weighted by Crippen LogP contribution is 2.71. The van der Waals surface area contributed by atoms with E-state index in [9.17, 15) is 29.7 Å². The SMILES string of the molecule is CC1CC2C3CC(F)C4=CC(=O)C=CC4(C)C3(F)C(O)CC2(C)C1(O)C(=O)COC(=O)c1ccccc1O. The zero-order valence-corrected chi connectivity index (χ0v) is 21.5. The van der Waals surface area contributed by atoms with E-state index < -0.39 is 76.3 Å². The van der Waals surface area contributed by atoms with Gasteiger partial charge in [-0.3, -0.25) is 9.59 Å². The number of alkyl halides is 2. The van der Waals surface area contributed by atoms with Crippen LogP contribution >= 0.6 is 0 Å². The molecular weight excluding hydrogens is 498 g/mol. The normalized spacial score (nSPS) is 43.5. The number of phenols is 1.